The van der Waals surface area contributed by atoms with Crippen LogP contribution in [-0.4, -0.2) is 57.6 Å². The SMILES string of the molecule is CC(C)(C)[Si](C)(C)O[C@H]1C[C@H](c2cnn3c(N)ncnc23)O[C@]1(C=O)CO. The lowest BCUT2D eigenvalue weighted by Crippen LogP contribution is -2.53. The van der Waals surface area contributed by atoms with E-state index in [9.17, 15) is 9.90 Å². The molecule has 0 unspecified atom stereocenters. The molecular formula is C17H27N5O4Si. The molecule has 1 aliphatic heterocycles. The zero-order valence-electron chi connectivity index (χ0n) is 16.3. The highest BCUT2D eigenvalue weighted by molar-refractivity contribution is 6.74. The zero-order chi connectivity index (χ0) is 20.0. The van der Waals surface area contributed by atoms with Crippen LogP contribution in [-0.2, 0) is 14.0 Å². The minimum absolute atomic E-state index is 0.0404. The third-order valence-electron chi connectivity index (χ3n) is 5.73. The molecule has 2 aromatic heterocycles. The van der Waals surface area contributed by atoms with Gasteiger partial charge < -0.3 is 20.0 Å². The molecule has 0 bridgehead atoms. The van der Waals surface area contributed by atoms with Gasteiger partial charge in [0.15, 0.2) is 25.9 Å². The second-order valence-electron chi connectivity index (χ2n) is 8.51. The van der Waals surface area contributed by atoms with Crippen LogP contribution in [0.3, 0.4) is 0 Å². The van der Waals surface area contributed by atoms with Gasteiger partial charge >= 0.3 is 0 Å². The second kappa shape index (κ2) is 6.62. The molecule has 0 aromatic carbocycles. The van der Waals surface area contributed by atoms with Gasteiger partial charge in [-0.15, -0.1) is 0 Å². The molecule has 2 aromatic rings. The predicted molar refractivity (Wildman–Crippen MR) is 102 cm³/mol. The Labute approximate surface area is 159 Å². The van der Waals surface area contributed by atoms with E-state index >= 15 is 0 Å². The molecule has 3 N–H and O–H groups in total. The average molecular weight is 394 g/mol. The number of anilines is 1. The highest BCUT2D eigenvalue weighted by Gasteiger charge is 2.53. The highest BCUT2D eigenvalue weighted by Crippen LogP contribution is 2.45. The normalized spacial score (nSPS) is 26.6. The lowest BCUT2D eigenvalue weighted by Gasteiger charge is -2.41. The standard InChI is InChI=1S/C17H27N5O4Si/c1-16(2,3)27(4,5)26-13-6-12(25-17(13,8-23)9-24)11-7-21-22-14(11)19-10-20-15(22)18/h7-8,10,12-13,24H,6,9H2,1-5H3,(H2,18,19,20)/t12-,13+,17-/m1/s1. The van der Waals surface area contributed by atoms with E-state index < -0.39 is 32.7 Å². The Bertz CT molecular complexity index is 849. The lowest BCUT2D eigenvalue weighted by molar-refractivity contribution is -0.145. The molecule has 1 saturated heterocycles. The van der Waals surface area contributed by atoms with Crippen molar-refractivity contribution in [2.45, 2.75) is 63.1 Å². The number of nitrogens with zero attached hydrogens (tertiary/aromatic N) is 4. The number of hydrogen-bond acceptors (Lipinski definition) is 8. The topological polar surface area (TPSA) is 125 Å². The molecule has 27 heavy (non-hydrogen) atoms. The molecule has 0 aliphatic carbocycles. The highest BCUT2D eigenvalue weighted by atomic mass is 28.4. The van der Waals surface area contributed by atoms with Crippen molar-refractivity contribution in [1.82, 2.24) is 19.6 Å². The van der Waals surface area contributed by atoms with Crippen LogP contribution in [0.2, 0.25) is 18.1 Å². The third-order valence-corrected chi connectivity index (χ3v) is 10.2. The molecule has 10 heteroatoms. The van der Waals surface area contributed by atoms with Crippen LogP contribution in [0.25, 0.3) is 5.65 Å². The van der Waals surface area contributed by atoms with Crippen LogP contribution >= 0.6 is 0 Å². The van der Waals surface area contributed by atoms with Crippen molar-refractivity contribution in [3.63, 3.8) is 0 Å². The van der Waals surface area contributed by atoms with Gasteiger partial charge in [-0.25, -0.2) is 9.97 Å². The predicted octanol–water partition coefficient (Wildman–Crippen LogP) is 1.49. The molecule has 0 saturated carbocycles. The number of hydrogen-bond donors (Lipinski definition) is 2. The molecule has 0 radical (unpaired) electrons. The summed E-state index contributed by atoms with van der Waals surface area (Å²) in [5.41, 5.74) is 5.61. The van der Waals surface area contributed by atoms with E-state index in [-0.39, 0.29) is 11.0 Å². The van der Waals surface area contributed by atoms with E-state index in [1.54, 1.807) is 6.20 Å². The summed E-state index contributed by atoms with van der Waals surface area (Å²) in [4.78, 5) is 20.1. The Morgan fingerprint density at radius 1 is 1.48 bits per heavy atom. The number of nitrogen functional groups attached to an aromatic ring is 1. The molecule has 3 atom stereocenters. The van der Waals surface area contributed by atoms with E-state index in [4.69, 9.17) is 14.9 Å². The van der Waals surface area contributed by atoms with Gasteiger partial charge in [-0.3, -0.25) is 4.79 Å². The van der Waals surface area contributed by atoms with Gasteiger partial charge in [0.25, 0.3) is 0 Å². The van der Waals surface area contributed by atoms with Crippen molar-refractivity contribution in [1.29, 1.82) is 0 Å². The van der Waals surface area contributed by atoms with Crippen molar-refractivity contribution >= 4 is 26.2 Å². The van der Waals surface area contributed by atoms with Crippen molar-refractivity contribution in [2.24, 2.45) is 0 Å². The van der Waals surface area contributed by atoms with Gasteiger partial charge in [0.05, 0.1) is 25.0 Å². The first-order valence-electron chi connectivity index (χ1n) is 8.91. The van der Waals surface area contributed by atoms with E-state index in [1.165, 1.54) is 10.8 Å². The summed E-state index contributed by atoms with van der Waals surface area (Å²) in [7, 11) is -2.18. The van der Waals surface area contributed by atoms with Crippen molar-refractivity contribution < 1.29 is 19.1 Å². The van der Waals surface area contributed by atoms with Crippen LogP contribution < -0.4 is 5.73 Å². The summed E-state index contributed by atoms with van der Waals surface area (Å²) in [6, 6.07) is 0. The fourth-order valence-electron chi connectivity index (χ4n) is 3.01. The number of aliphatic hydroxyl groups excluding tert-OH is 1. The zero-order valence-corrected chi connectivity index (χ0v) is 17.3. The Hall–Kier alpha value is -1.88. The Morgan fingerprint density at radius 2 is 2.19 bits per heavy atom. The minimum Gasteiger partial charge on any atom is -0.410 e. The molecule has 0 amide bonds. The maximum atomic E-state index is 11.9. The first kappa shape index (κ1) is 19.9. The van der Waals surface area contributed by atoms with Gasteiger partial charge in [-0.05, 0) is 18.1 Å². The summed E-state index contributed by atoms with van der Waals surface area (Å²) in [6.07, 6.45) is 2.97. The maximum absolute atomic E-state index is 11.9. The largest absolute Gasteiger partial charge is 0.410 e. The van der Waals surface area contributed by atoms with Crippen LogP contribution in [0.4, 0.5) is 5.95 Å². The minimum atomic E-state index is -2.18. The molecular weight excluding hydrogens is 366 g/mol. The second-order valence-corrected chi connectivity index (χ2v) is 13.3. The Kier molecular flexibility index (Phi) is 4.87. The maximum Gasteiger partial charge on any atom is 0.224 e. The summed E-state index contributed by atoms with van der Waals surface area (Å²) < 4.78 is 13.9. The van der Waals surface area contributed by atoms with Crippen LogP contribution in [0.15, 0.2) is 12.5 Å². The molecule has 3 heterocycles. The van der Waals surface area contributed by atoms with Gasteiger partial charge in [0.2, 0.25) is 5.95 Å². The number of fused-ring (bicyclic) bond motifs is 1. The number of rotatable bonds is 5. The number of nitrogens with two attached hydrogens (primary N) is 1. The smallest absolute Gasteiger partial charge is 0.224 e. The van der Waals surface area contributed by atoms with Gasteiger partial charge in [0.1, 0.15) is 6.33 Å². The fourth-order valence-corrected chi connectivity index (χ4v) is 4.37. The summed E-state index contributed by atoms with van der Waals surface area (Å²) in [5.74, 6) is 0.210. The quantitative estimate of drug-likeness (QED) is 0.578. The fraction of sp³-hybridized carbons (Fsp3) is 0.647. The first-order valence-corrected chi connectivity index (χ1v) is 11.8. The van der Waals surface area contributed by atoms with Crippen LogP contribution in [0.1, 0.15) is 38.9 Å². The number of aldehydes is 1. The number of carbonyl (C=O) groups is 1. The monoisotopic (exact) mass is 393 g/mol. The van der Waals surface area contributed by atoms with E-state index in [1.807, 2.05) is 0 Å². The average Bonchev–Trinajstić information content (AvgIpc) is 3.16. The van der Waals surface area contributed by atoms with Gasteiger partial charge in [0, 0.05) is 12.0 Å². The van der Waals surface area contributed by atoms with E-state index in [0.29, 0.717) is 23.9 Å². The summed E-state index contributed by atoms with van der Waals surface area (Å²) in [6.45, 7) is 10.1. The van der Waals surface area contributed by atoms with Crippen LogP contribution in [0.5, 0.6) is 0 Å². The molecule has 148 valence electrons. The Morgan fingerprint density at radius 3 is 2.78 bits per heavy atom. The van der Waals surface area contributed by atoms with Gasteiger partial charge in [-0.2, -0.15) is 9.61 Å². The van der Waals surface area contributed by atoms with Gasteiger partial charge in [-0.1, -0.05) is 20.8 Å². The Balaban J connectivity index is 1.96. The molecule has 1 aliphatic rings. The lowest BCUT2D eigenvalue weighted by atomic mass is 9.98. The third kappa shape index (κ3) is 3.26. The van der Waals surface area contributed by atoms with E-state index in [2.05, 4.69) is 48.9 Å². The molecule has 0 spiro atoms. The summed E-state index contributed by atoms with van der Waals surface area (Å²) >= 11 is 0. The summed E-state index contributed by atoms with van der Waals surface area (Å²) in [5, 5.41) is 14.1. The number of ether oxygens (including phenoxy) is 1. The van der Waals surface area contributed by atoms with Crippen molar-refractivity contribution in [3.8, 4) is 0 Å². The van der Waals surface area contributed by atoms with Crippen molar-refractivity contribution in [2.75, 3.05) is 12.3 Å². The number of aromatic nitrogens is 4. The van der Waals surface area contributed by atoms with Crippen LogP contribution in [0, 0.1) is 0 Å². The van der Waals surface area contributed by atoms with E-state index in [0.717, 1.165) is 0 Å². The molecule has 9 nitrogen and oxygen atoms in total. The molecule has 3 rings (SSSR count). The number of carbonyl (C=O) groups excluding carboxylic acids is 1. The number of aliphatic hydroxyl groups is 1. The molecule has 1 fully saturated rings. The first-order chi connectivity index (χ1) is 12.5. The van der Waals surface area contributed by atoms with Crippen molar-refractivity contribution in [3.05, 3.63) is 18.1 Å².